The first-order valence-corrected chi connectivity index (χ1v) is 8.32. The number of aromatic nitrogens is 1. The van der Waals surface area contributed by atoms with Gasteiger partial charge >= 0.3 is 0 Å². The predicted molar refractivity (Wildman–Crippen MR) is 81.0 cm³/mol. The number of nitrogens with zero attached hydrogens (tertiary/aromatic N) is 2. The molecular weight excluding hydrogens is 286 g/mol. The first-order chi connectivity index (χ1) is 9.97. The fourth-order valence-corrected chi connectivity index (χ4v) is 4.02. The summed E-state index contributed by atoms with van der Waals surface area (Å²) in [4.78, 5) is 32.1. The van der Waals surface area contributed by atoms with Crippen molar-refractivity contribution in [3.8, 4) is 0 Å². The summed E-state index contributed by atoms with van der Waals surface area (Å²) in [6.07, 6.45) is 2.46. The summed E-state index contributed by atoms with van der Waals surface area (Å²) in [5.74, 6) is 0.395. The fourth-order valence-electron chi connectivity index (χ4n) is 3.03. The van der Waals surface area contributed by atoms with E-state index < -0.39 is 0 Å². The van der Waals surface area contributed by atoms with Crippen LogP contribution in [0.2, 0.25) is 0 Å². The average molecular weight is 307 g/mol. The largest absolute Gasteiger partial charge is 0.344 e. The van der Waals surface area contributed by atoms with Gasteiger partial charge in [0.25, 0.3) is 0 Å². The Morgan fingerprint density at radius 2 is 2.05 bits per heavy atom. The maximum absolute atomic E-state index is 12.8. The number of carbonyl (C=O) groups excluding carboxylic acids is 2. The van der Waals surface area contributed by atoms with Gasteiger partial charge in [0.1, 0.15) is 6.04 Å². The highest BCUT2D eigenvalue weighted by molar-refractivity contribution is 7.11. The molecule has 1 saturated carbocycles. The number of amides is 2. The first kappa shape index (κ1) is 14.5. The summed E-state index contributed by atoms with van der Waals surface area (Å²) in [6.45, 7) is 6.50. The highest BCUT2D eigenvalue weighted by atomic mass is 32.1. The Morgan fingerprint density at radius 3 is 2.62 bits per heavy atom. The van der Waals surface area contributed by atoms with E-state index in [9.17, 15) is 9.59 Å². The highest BCUT2D eigenvalue weighted by Crippen LogP contribution is 2.36. The number of carbonyl (C=O) groups is 2. The Labute approximate surface area is 128 Å². The number of nitrogens with one attached hydrogen (secondary N) is 1. The molecule has 1 aliphatic carbocycles. The van der Waals surface area contributed by atoms with Gasteiger partial charge in [0.05, 0.1) is 16.7 Å². The minimum atomic E-state index is -0.322. The molecule has 0 radical (unpaired) electrons. The molecule has 2 unspecified atom stereocenters. The number of hydrogen-bond donors (Lipinski definition) is 1. The Hall–Kier alpha value is -1.43. The molecule has 2 amide bonds. The van der Waals surface area contributed by atoms with Gasteiger partial charge in [0.2, 0.25) is 11.8 Å². The van der Waals surface area contributed by atoms with E-state index in [1.165, 1.54) is 0 Å². The Morgan fingerprint density at radius 1 is 1.33 bits per heavy atom. The molecule has 6 heteroatoms. The zero-order chi connectivity index (χ0) is 15.1. The summed E-state index contributed by atoms with van der Waals surface area (Å²) >= 11 is 1.64. The number of rotatable bonds is 3. The van der Waals surface area contributed by atoms with Crippen molar-refractivity contribution in [2.24, 2.45) is 5.92 Å². The minimum Gasteiger partial charge on any atom is -0.344 e. The predicted octanol–water partition coefficient (Wildman–Crippen LogP) is 1.95. The van der Waals surface area contributed by atoms with Crippen molar-refractivity contribution in [3.05, 3.63) is 15.6 Å². The summed E-state index contributed by atoms with van der Waals surface area (Å²) in [5.41, 5.74) is 0.990. The maximum atomic E-state index is 12.8. The second kappa shape index (κ2) is 5.40. The van der Waals surface area contributed by atoms with Crippen LogP contribution in [0, 0.1) is 19.8 Å². The first-order valence-electron chi connectivity index (χ1n) is 7.51. The minimum absolute atomic E-state index is 0.00726. The van der Waals surface area contributed by atoms with Crippen molar-refractivity contribution in [2.75, 3.05) is 6.54 Å². The molecule has 0 aromatic carbocycles. The quantitative estimate of drug-likeness (QED) is 0.928. The van der Waals surface area contributed by atoms with Gasteiger partial charge in [0.15, 0.2) is 0 Å². The molecule has 21 heavy (non-hydrogen) atoms. The number of hydrogen-bond acceptors (Lipinski definition) is 4. The van der Waals surface area contributed by atoms with E-state index in [2.05, 4.69) is 10.3 Å². The van der Waals surface area contributed by atoms with Gasteiger partial charge in [-0.25, -0.2) is 4.98 Å². The lowest BCUT2D eigenvalue weighted by Crippen LogP contribution is -2.46. The van der Waals surface area contributed by atoms with Crippen LogP contribution in [0.1, 0.15) is 47.8 Å². The molecule has 1 aromatic heterocycles. The molecule has 0 bridgehead atoms. The molecule has 0 spiro atoms. The Bertz CT molecular complexity index is 579. The summed E-state index contributed by atoms with van der Waals surface area (Å²) in [7, 11) is 0. The van der Waals surface area contributed by atoms with Crippen LogP contribution in [-0.2, 0) is 9.59 Å². The Balaban J connectivity index is 1.86. The van der Waals surface area contributed by atoms with Crippen LogP contribution in [0.15, 0.2) is 0 Å². The van der Waals surface area contributed by atoms with Crippen molar-refractivity contribution in [2.45, 2.75) is 52.1 Å². The van der Waals surface area contributed by atoms with Crippen LogP contribution in [0.25, 0.3) is 0 Å². The summed E-state index contributed by atoms with van der Waals surface area (Å²) < 4.78 is 0. The van der Waals surface area contributed by atoms with E-state index >= 15 is 0 Å². The molecule has 1 aliphatic heterocycles. The third-order valence-corrected chi connectivity index (χ3v) is 5.57. The highest BCUT2D eigenvalue weighted by Gasteiger charge is 2.42. The van der Waals surface area contributed by atoms with Gasteiger partial charge in [-0.3, -0.25) is 9.59 Å². The van der Waals surface area contributed by atoms with Crippen LogP contribution in [-0.4, -0.2) is 34.3 Å². The molecule has 3 rings (SSSR count). The molecular formula is C15H21N3O2S. The van der Waals surface area contributed by atoms with Gasteiger partial charge < -0.3 is 10.2 Å². The van der Waals surface area contributed by atoms with Crippen molar-refractivity contribution >= 4 is 23.2 Å². The second-order valence-corrected chi connectivity index (χ2v) is 7.26. The fraction of sp³-hybridized carbons (Fsp3) is 0.667. The molecule has 1 N–H and O–H groups in total. The van der Waals surface area contributed by atoms with Crippen molar-refractivity contribution in [3.63, 3.8) is 0 Å². The molecule has 1 saturated heterocycles. The van der Waals surface area contributed by atoms with Crippen molar-refractivity contribution in [1.29, 1.82) is 0 Å². The third-order valence-electron chi connectivity index (χ3n) is 4.33. The van der Waals surface area contributed by atoms with E-state index in [-0.39, 0.29) is 23.9 Å². The number of aryl methyl sites for hydroxylation is 2. The van der Waals surface area contributed by atoms with Gasteiger partial charge in [-0.2, -0.15) is 0 Å². The van der Waals surface area contributed by atoms with E-state index in [4.69, 9.17) is 0 Å². The van der Waals surface area contributed by atoms with Crippen LogP contribution in [0.4, 0.5) is 0 Å². The monoisotopic (exact) mass is 307 g/mol. The van der Waals surface area contributed by atoms with Crippen molar-refractivity contribution in [1.82, 2.24) is 15.2 Å². The lowest BCUT2D eigenvalue weighted by atomic mass is 10.1. The van der Waals surface area contributed by atoms with E-state index in [1.807, 2.05) is 25.7 Å². The van der Waals surface area contributed by atoms with Gasteiger partial charge in [0, 0.05) is 17.8 Å². The van der Waals surface area contributed by atoms with Gasteiger partial charge in [-0.15, -0.1) is 11.3 Å². The normalized spacial score (nSPS) is 24.7. The van der Waals surface area contributed by atoms with Gasteiger partial charge in [-0.1, -0.05) is 0 Å². The van der Waals surface area contributed by atoms with Crippen LogP contribution >= 0.6 is 11.3 Å². The third kappa shape index (κ3) is 2.81. The van der Waals surface area contributed by atoms with E-state index in [0.29, 0.717) is 18.9 Å². The zero-order valence-corrected chi connectivity index (χ0v) is 13.5. The lowest BCUT2D eigenvalue weighted by molar-refractivity contribution is -0.136. The molecule has 2 fully saturated rings. The standard InChI is InChI=1S/C15H21N3O2S/c1-8-14(21-10(3)16-8)9(2)18-7-6-12(19)17-13(15(18)20)11-4-5-11/h9,11,13H,4-7H2,1-3H3,(H,17,19). The Kier molecular flexibility index (Phi) is 3.73. The smallest absolute Gasteiger partial charge is 0.245 e. The molecule has 1 aromatic rings. The summed E-state index contributed by atoms with van der Waals surface area (Å²) in [6, 6.07) is -0.338. The molecule has 5 nitrogen and oxygen atoms in total. The SMILES string of the molecule is Cc1nc(C)c(C(C)N2CCC(=O)NC(C3CC3)C2=O)s1. The summed E-state index contributed by atoms with van der Waals surface area (Å²) in [5, 5.41) is 3.92. The maximum Gasteiger partial charge on any atom is 0.245 e. The van der Waals surface area contributed by atoms with E-state index in [1.54, 1.807) is 11.3 Å². The topological polar surface area (TPSA) is 62.3 Å². The van der Waals surface area contributed by atoms with E-state index in [0.717, 1.165) is 28.4 Å². The van der Waals surface area contributed by atoms with Gasteiger partial charge in [-0.05, 0) is 39.5 Å². The molecule has 114 valence electrons. The molecule has 2 aliphatic rings. The number of thiazole rings is 1. The average Bonchev–Trinajstić information content (AvgIpc) is 3.21. The lowest BCUT2D eigenvalue weighted by Gasteiger charge is -2.29. The van der Waals surface area contributed by atoms with Crippen molar-refractivity contribution < 1.29 is 9.59 Å². The zero-order valence-electron chi connectivity index (χ0n) is 12.7. The second-order valence-electron chi connectivity index (χ2n) is 6.02. The molecule has 2 heterocycles. The van der Waals surface area contributed by atoms with Crippen LogP contribution < -0.4 is 5.32 Å². The van der Waals surface area contributed by atoms with Crippen LogP contribution in [0.5, 0.6) is 0 Å². The molecule has 2 atom stereocenters. The van der Waals surface area contributed by atoms with Crippen LogP contribution in [0.3, 0.4) is 0 Å².